The molecule has 1 atom stereocenters. The van der Waals surface area contributed by atoms with Gasteiger partial charge in [0.1, 0.15) is 16.6 Å². The minimum Gasteiger partial charge on any atom is -0.393 e. The molecule has 9 nitrogen and oxygen atoms in total. The van der Waals surface area contributed by atoms with Crippen LogP contribution in [0.3, 0.4) is 0 Å². The fourth-order valence-electron chi connectivity index (χ4n) is 14.9. The van der Waals surface area contributed by atoms with E-state index in [1.54, 1.807) is 0 Å². The number of hydrogen-bond donors (Lipinski definition) is 3. The van der Waals surface area contributed by atoms with E-state index in [0.717, 1.165) is 81.3 Å². The minimum atomic E-state index is -0.538. The first-order valence-electron chi connectivity index (χ1n) is 33.2. The Hall–Kier alpha value is -9.77. The van der Waals surface area contributed by atoms with E-state index in [2.05, 4.69) is 311 Å². The summed E-state index contributed by atoms with van der Waals surface area (Å²) in [7, 11) is 0. The average Bonchev–Trinajstić information content (AvgIpc) is 1.74. The number of aliphatic hydroxyl groups excluding tert-OH is 3. The van der Waals surface area contributed by atoms with Crippen LogP contribution in [0.25, 0.3) is 5.57 Å². The summed E-state index contributed by atoms with van der Waals surface area (Å²) in [5.41, 5.74) is 13.7. The third-order valence-electron chi connectivity index (χ3n) is 19.6. The number of aromatic nitrogens is 6. The van der Waals surface area contributed by atoms with Gasteiger partial charge in [0.15, 0.2) is 0 Å². The highest BCUT2D eigenvalue weighted by Crippen LogP contribution is 2.46. The number of hydrogen-bond acceptors (Lipinski definition) is 6. The van der Waals surface area contributed by atoms with Crippen LogP contribution in [0.4, 0.5) is 0 Å². The van der Waals surface area contributed by atoms with E-state index in [0.29, 0.717) is 18.3 Å². The number of allylic oxidation sites excluding steroid dienone is 1. The zero-order valence-electron chi connectivity index (χ0n) is 52.7. The molecule has 3 aliphatic rings. The molecule has 93 heavy (non-hydrogen) atoms. The van der Waals surface area contributed by atoms with Gasteiger partial charge in [0, 0.05) is 30.4 Å². The Morgan fingerprint density at radius 2 is 0.527 bits per heavy atom. The smallest absolute Gasteiger partial charge is 0.121 e. The van der Waals surface area contributed by atoms with Crippen molar-refractivity contribution in [3.8, 4) is 0 Å². The van der Waals surface area contributed by atoms with Crippen LogP contribution in [-0.2, 0) is 16.6 Å². The molecule has 9 heteroatoms. The molecule has 15 rings (SSSR count). The first kappa shape index (κ1) is 62.1. The summed E-state index contributed by atoms with van der Waals surface area (Å²) in [4.78, 5) is 14.6. The van der Waals surface area contributed by atoms with Crippen molar-refractivity contribution in [2.24, 2.45) is 0 Å². The Kier molecular flexibility index (Phi) is 19.2. The van der Waals surface area contributed by atoms with E-state index < -0.39 is 16.6 Å². The van der Waals surface area contributed by atoms with Gasteiger partial charge < -0.3 is 29.0 Å². The van der Waals surface area contributed by atoms with Gasteiger partial charge in [0.25, 0.3) is 0 Å². The maximum atomic E-state index is 9.93. The summed E-state index contributed by atoms with van der Waals surface area (Å²) < 4.78 is 6.81. The summed E-state index contributed by atoms with van der Waals surface area (Å²) in [6, 6.07) is 96.0. The molecule has 466 valence electrons. The second kappa shape index (κ2) is 28.8. The molecule has 0 saturated heterocycles. The summed E-state index contributed by atoms with van der Waals surface area (Å²) in [6.45, 7) is 0. The molecule has 3 N–H and O–H groups in total. The number of nitrogens with zero attached hydrogens (tertiary/aromatic N) is 6. The molecule has 1 unspecified atom stereocenters. The van der Waals surface area contributed by atoms with Crippen LogP contribution in [0.1, 0.15) is 150 Å². The van der Waals surface area contributed by atoms with Gasteiger partial charge in [-0.05, 0) is 126 Å². The SMILES string of the molecule is OC1CC=C(c2cn(C(c3ccccc3)(c3ccccc3)c3ccccc3)cn2)CC1.OC1CCC(c2cn(C(c3ccccc3)(c3ccccc3)c3ccccc3)cn2)CC1.OC1CCC(c2cn(C(c3ccccc3)(c3ccccc3)c3ccccc3)cn2)CC1. The molecule has 0 spiro atoms. The van der Waals surface area contributed by atoms with Gasteiger partial charge in [-0.25, -0.2) is 15.0 Å². The predicted octanol–water partition coefficient (Wildman–Crippen LogP) is 17.1. The molecule has 2 fully saturated rings. The Bertz CT molecular complexity index is 3770. The zero-order valence-corrected chi connectivity index (χ0v) is 52.7. The molecule has 0 amide bonds. The van der Waals surface area contributed by atoms with Crippen LogP contribution in [0.5, 0.6) is 0 Å². The van der Waals surface area contributed by atoms with E-state index in [4.69, 9.17) is 15.0 Å². The maximum absolute atomic E-state index is 9.93. The van der Waals surface area contributed by atoms with Crippen molar-refractivity contribution in [3.63, 3.8) is 0 Å². The lowest BCUT2D eigenvalue weighted by Crippen LogP contribution is -2.37. The second-order valence-corrected chi connectivity index (χ2v) is 25.2. The summed E-state index contributed by atoms with van der Waals surface area (Å²) in [5, 5.41) is 29.7. The van der Waals surface area contributed by atoms with E-state index in [9.17, 15) is 15.3 Å². The van der Waals surface area contributed by atoms with Crippen molar-refractivity contribution >= 4 is 5.57 Å². The molecule has 2 saturated carbocycles. The van der Waals surface area contributed by atoms with Crippen LogP contribution < -0.4 is 0 Å². The minimum absolute atomic E-state index is 0.157. The monoisotopic (exact) mass is 1220 g/mol. The Balaban J connectivity index is 0.000000127. The molecular weight excluding hydrogens is 1140 g/mol. The molecule has 0 bridgehead atoms. The fraction of sp³-hybridized carbons (Fsp3) is 0.226. The van der Waals surface area contributed by atoms with Crippen molar-refractivity contribution in [1.29, 1.82) is 0 Å². The van der Waals surface area contributed by atoms with E-state index >= 15 is 0 Å². The molecular formula is C84H82N6O3. The van der Waals surface area contributed by atoms with Crippen molar-refractivity contribution in [3.05, 3.63) is 384 Å². The number of rotatable bonds is 15. The van der Waals surface area contributed by atoms with Crippen molar-refractivity contribution in [1.82, 2.24) is 28.7 Å². The number of imidazole rings is 3. The number of benzene rings is 9. The Morgan fingerprint density at radius 3 is 0.774 bits per heavy atom. The lowest BCUT2D eigenvalue weighted by molar-refractivity contribution is 0.121. The topological polar surface area (TPSA) is 114 Å². The van der Waals surface area contributed by atoms with Crippen molar-refractivity contribution in [2.45, 2.75) is 117 Å². The van der Waals surface area contributed by atoms with E-state index in [1.165, 1.54) is 55.6 Å². The van der Waals surface area contributed by atoms with Gasteiger partial charge in [-0.1, -0.05) is 279 Å². The first-order chi connectivity index (χ1) is 45.8. The van der Waals surface area contributed by atoms with E-state index in [1.807, 2.05) is 19.0 Å². The van der Waals surface area contributed by atoms with Crippen molar-refractivity contribution < 1.29 is 15.3 Å². The van der Waals surface area contributed by atoms with Gasteiger partial charge in [-0.15, -0.1) is 0 Å². The highest BCUT2D eigenvalue weighted by Gasteiger charge is 2.42. The Labute approximate surface area is 547 Å². The molecule has 3 heterocycles. The quantitative estimate of drug-likeness (QED) is 0.0881. The Morgan fingerprint density at radius 1 is 0.280 bits per heavy atom. The largest absolute Gasteiger partial charge is 0.393 e. The van der Waals surface area contributed by atoms with Gasteiger partial charge >= 0.3 is 0 Å². The lowest BCUT2D eigenvalue weighted by Gasteiger charge is -2.37. The van der Waals surface area contributed by atoms with Crippen LogP contribution in [0.2, 0.25) is 0 Å². The summed E-state index contributed by atoms with van der Waals surface area (Å²) >= 11 is 0. The van der Waals surface area contributed by atoms with Crippen LogP contribution >= 0.6 is 0 Å². The van der Waals surface area contributed by atoms with E-state index in [-0.39, 0.29) is 18.3 Å². The average molecular weight is 1220 g/mol. The predicted molar refractivity (Wildman–Crippen MR) is 373 cm³/mol. The second-order valence-electron chi connectivity index (χ2n) is 25.2. The van der Waals surface area contributed by atoms with Crippen molar-refractivity contribution in [2.75, 3.05) is 0 Å². The van der Waals surface area contributed by atoms with Gasteiger partial charge in [-0.2, -0.15) is 0 Å². The third-order valence-corrected chi connectivity index (χ3v) is 19.6. The molecule has 12 aromatic rings. The molecule has 3 aromatic heterocycles. The fourth-order valence-corrected chi connectivity index (χ4v) is 14.9. The normalized spacial score (nSPS) is 18.4. The van der Waals surface area contributed by atoms with Gasteiger partial charge in [0.05, 0.1) is 54.4 Å². The first-order valence-corrected chi connectivity index (χ1v) is 33.2. The van der Waals surface area contributed by atoms with Gasteiger partial charge in [-0.3, -0.25) is 0 Å². The summed E-state index contributed by atoms with van der Waals surface area (Å²) in [6.07, 6.45) is 23.9. The highest BCUT2D eigenvalue weighted by atomic mass is 16.3. The van der Waals surface area contributed by atoms with Crippen LogP contribution in [-0.4, -0.2) is 62.3 Å². The van der Waals surface area contributed by atoms with Gasteiger partial charge in [0.2, 0.25) is 0 Å². The zero-order chi connectivity index (χ0) is 63.3. The summed E-state index contributed by atoms with van der Waals surface area (Å²) in [5.74, 6) is 0.814. The highest BCUT2D eigenvalue weighted by molar-refractivity contribution is 5.64. The maximum Gasteiger partial charge on any atom is 0.121 e. The molecule has 9 aromatic carbocycles. The lowest BCUT2D eigenvalue weighted by atomic mass is 9.76. The molecule has 0 aliphatic heterocycles. The number of aliphatic hydroxyl groups is 3. The van der Waals surface area contributed by atoms with Crippen LogP contribution in [0.15, 0.2) is 317 Å². The molecule has 0 radical (unpaired) electrons. The van der Waals surface area contributed by atoms with Crippen LogP contribution in [0, 0.1) is 0 Å². The molecule has 3 aliphatic carbocycles. The standard InChI is InChI=1S/2C28H28N2O.C28H26N2O/c3*31-26-18-16-22(17-19-26)27-20-30(21-29-27)28(23-10-4-1-5-11-23,24-12-6-2-7-13-24)25-14-8-3-9-15-25/h2*1-15,20-22,26,31H,16-19H2;1-16,20-21,26,31H,17-19H2. The third kappa shape index (κ3) is 12.8.